The largest absolute Gasteiger partial charge is 0.355 e. The first-order chi connectivity index (χ1) is 7.81. The number of anilines is 2. The lowest BCUT2D eigenvalue weighted by Gasteiger charge is -2.12. The Morgan fingerprint density at radius 2 is 1.56 bits per heavy atom. The van der Waals surface area contributed by atoms with Gasteiger partial charge in [-0.25, -0.2) is 0 Å². The highest BCUT2D eigenvalue weighted by Gasteiger charge is 2.01. The molecule has 0 heterocycles. The van der Waals surface area contributed by atoms with Gasteiger partial charge >= 0.3 is 0 Å². The van der Waals surface area contributed by atoms with Gasteiger partial charge in [0.1, 0.15) is 0 Å². The van der Waals surface area contributed by atoms with E-state index in [1.165, 1.54) is 5.56 Å². The molecule has 0 aromatic heterocycles. The molecule has 2 heteroatoms. The van der Waals surface area contributed by atoms with Crippen LogP contribution >= 0.6 is 0 Å². The number of benzene rings is 2. The molecule has 2 rings (SSSR count). The molecule has 0 aliphatic heterocycles. The van der Waals surface area contributed by atoms with E-state index in [9.17, 15) is 0 Å². The molecule has 0 amide bonds. The summed E-state index contributed by atoms with van der Waals surface area (Å²) in [6, 6.07) is 16.3. The van der Waals surface area contributed by atoms with Gasteiger partial charge in [-0.15, -0.1) is 0 Å². The summed E-state index contributed by atoms with van der Waals surface area (Å²) in [5, 5.41) is 3.41. The Balaban J connectivity index is 2.30. The van der Waals surface area contributed by atoms with Crippen molar-refractivity contribution in [2.45, 2.75) is 13.5 Å². The molecule has 0 atom stereocenters. The van der Waals surface area contributed by atoms with Gasteiger partial charge in [0.2, 0.25) is 0 Å². The molecule has 3 N–H and O–H groups in total. The molecule has 0 saturated heterocycles. The van der Waals surface area contributed by atoms with Gasteiger partial charge in [-0.05, 0) is 30.2 Å². The van der Waals surface area contributed by atoms with Crippen LogP contribution in [0, 0.1) is 6.92 Å². The molecule has 0 fully saturated rings. The van der Waals surface area contributed by atoms with E-state index in [1.807, 2.05) is 30.3 Å². The summed E-state index contributed by atoms with van der Waals surface area (Å²) in [6.07, 6.45) is 0. The fourth-order valence-electron chi connectivity index (χ4n) is 1.68. The summed E-state index contributed by atoms with van der Waals surface area (Å²) in [5.74, 6) is 0. The van der Waals surface area contributed by atoms with Crippen LogP contribution in [0.1, 0.15) is 11.1 Å². The lowest BCUT2D eigenvalue weighted by Crippen LogP contribution is -2.02. The molecular formula is C14H16N2. The van der Waals surface area contributed by atoms with E-state index in [0.29, 0.717) is 6.54 Å². The molecule has 0 aliphatic rings. The lowest BCUT2D eigenvalue weighted by atomic mass is 10.1. The molecule has 0 aliphatic carbocycles. The number of hydrogen-bond donors (Lipinski definition) is 2. The van der Waals surface area contributed by atoms with E-state index >= 15 is 0 Å². The minimum atomic E-state index is 0.551. The van der Waals surface area contributed by atoms with E-state index in [4.69, 9.17) is 5.73 Å². The first-order valence-electron chi connectivity index (χ1n) is 5.42. The Hall–Kier alpha value is -1.80. The van der Waals surface area contributed by atoms with E-state index in [2.05, 4.69) is 30.4 Å². The Morgan fingerprint density at radius 3 is 2.25 bits per heavy atom. The average molecular weight is 212 g/mol. The van der Waals surface area contributed by atoms with Crippen LogP contribution in [-0.2, 0) is 6.54 Å². The molecule has 0 saturated carbocycles. The zero-order valence-corrected chi connectivity index (χ0v) is 9.40. The van der Waals surface area contributed by atoms with Crippen LogP contribution in [-0.4, -0.2) is 0 Å². The summed E-state index contributed by atoms with van der Waals surface area (Å²) in [6.45, 7) is 2.64. The lowest BCUT2D eigenvalue weighted by molar-refractivity contribution is 1.07. The minimum Gasteiger partial charge on any atom is -0.355 e. The molecule has 0 radical (unpaired) electrons. The van der Waals surface area contributed by atoms with Crippen LogP contribution in [0.5, 0.6) is 0 Å². The molecular weight excluding hydrogens is 196 g/mol. The minimum absolute atomic E-state index is 0.551. The number of aryl methyl sites for hydroxylation is 1. The van der Waals surface area contributed by atoms with Crippen molar-refractivity contribution in [3.05, 3.63) is 59.7 Å². The highest BCUT2D eigenvalue weighted by atomic mass is 14.9. The zero-order valence-electron chi connectivity index (χ0n) is 9.40. The normalized spacial score (nSPS) is 10.1. The third-order valence-corrected chi connectivity index (χ3v) is 2.65. The SMILES string of the molecule is Cc1ccccc1Nc1ccccc1CN. The second-order valence-electron chi connectivity index (χ2n) is 3.80. The van der Waals surface area contributed by atoms with Crippen molar-refractivity contribution < 1.29 is 0 Å². The number of hydrogen-bond acceptors (Lipinski definition) is 2. The third kappa shape index (κ3) is 2.23. The average Bonchev–Trinajstić information content (AvgIpc) is 2.33. The molecule has 0 spiro atoms. The topological polar surface area (TPSA) is 38.0 Å². The maximum Gasteiger partial charge on any atom is 0.0429 e. The summed E-state index contributed by atoms with van der Waals surface area (Å²) < 4.78 is 0. The summed E-state index contributed by atoms with van der Waals surface area (Å²) >= 11 is 0. The summed E-state index contributed by atoms with van der Waals surface area (Å²) in [7, 11) is 0. The first-order valence-corrected chi connectivity index (χ1v) is 5.42. The van der Waals surface area contributed by atoms with Crippen LogP contribution in [0.4, 0.5) is 11.4 Å². The van der Waals surface area contributed by atoms with Crippen molar-refractivity contribution in [1.82, 2.24) is 0 Å². The molecule has 2 aromatic rings. The number of nitrogens with two attached hydrogens (primary N) is 1. The highest BCUT2D eigenvalue weighted by molar-refractivity contribution is 5.65. The fourth-order valence-corrected chi connectivity index (χ4v) is 1.68. The number of rotatable bonds is 3. The van der Waals surface area contributed by atoms with E-state index < -0.39 is 0 Å². The second-order valence-corrected chi connectivity index (χ2v) is 3.80. The van der Waals surface area contributed by atoms with Gasteiger partial charge in [-0.2, -0.15) is 0 Å². The molecule has 2 aromatic carbocycles. The van der Waals surface area contributed by atoms with E-state index in [-0.39, 0.29) is 0 Å². The Morgan fingerprint density at radius 1 is 0.938 bits per heavy atom. The van der Waals surface area contributed by atoms with Gasteiger partial charge in [0, 0.05) is 17.9 Å². The van der Waals surface area contributed by atoms with Crippen molar-refractivity contribution in [2.24, 2.45) is 5.73 Å². The van der Waals surface area contributed by atoms with Gasteiger partial charge < -0.3 is 11.1 Å². The summed E-state index contributed by atoms with van der Waals surface area (Å²) in [5.41, 5.74) is 10.3. The summed E-state index contributed by atoms with van der Waals surface area (Å²) in [4.78, 5) is 0. The maximum atomic E-state index is 5.70. The smallest absolute Gasteiger partial charge is 0.0429 e. The van der Waals surface area contributed by atoms with Crippen LogP contribution in [0.3, 0.4) is 0 Å². The molecule has 82 valence electrons. The predicted molar refractivity (Wildman–Crippen MR) is 68.8 cm³/mol. The monoisotopic (exact) mass is 212 g/mol. The van der Waals surface area contributed by atoms with Gasteiger partial charge in [0.05, 0.1) is 0 Å². The predicted octanol–water partition coefficient (Wildman–Crippen LogP) is 3.20. The van der Waals surface area contributed by atoms with Crippen LogP contribution < -0.4 is 11.1 Å². The highest BCUT2D eigenvalue weighted by Crippen LogP contribution is 2.22. The van der Waals surface area contributed by atoms with Gasteiger partial charge in [0.15, 0.2) is 0 Å². The molecule has 0 bridgehead atoms. The van der Waals surface area contributed by atoms with Crippen molar-refractivity contribution in [3.63, 3.8) is 0 Å². The van der Waals surface area contributed by atoms with Gasteiger partial charge in [-0.3, -0.25) is 0 Å². The fraction of sp³-hybridized carbons (Fsp3) is 0.143. The first kappa shape index (κ1) is 10.7. The van der Waals surface area contributed by atoms with E-state index in [1.54, 1.807) is 0 Å². The Labute approximate surface area is 96.1 Å². The van der Waals surface area contributed by atoms with Crippen LogP contribution in [0.25, 0.3) is 0 Å². The maximum absolute atomic E-state index is 5.70. The van der Waals surface area contributed by atoms with Crippen molar-refractivity contribution in [1.29, 1.82) is 0 Å². The Bertz CT molecular complexity index is 478. The third-order valence-electron chi connectivity index (χ3n) is 2.65. The van der Waals surface area contributed by atoms with E-state index in [0.717, 1.165) is 16.9 Å². The molecule has 16 heavy (non-hydrogen) atoms. The van der Waals surface area contributed by atoms with Crippen LogP contribution in [0.15, 0.2) is 48.5 Å². The molecule has 0 unspecified atom stereocenters. The number of para-hydroxylation sites is 2. The van der Waals surface area contributed by atoms with Gasteiger partial charge in [-0.1, -0.05) is 36.4 Å². The second kappa shape index (κ2) is 4.81. The Kier molecular flexibility index (Phi) is 3.22. The van der Waals surface area contributed by atoms with Crippen molar-refractivity contribution in [2.75, 3.05) is 5.32 Å². The quantitative estimate of drug-likeness (QED) is 0.820. The van der Waals surface area contributed by atoms with Gasteiger partial charge in [0.25, 0.3) is 0 Å². The van der Waals surface area contributed by atoms with Crippen molar-refractivity contribution in [3.8, 4) is 0 Å². The van der Waals surface area contributed by atoms with Crippen LogP contribution in [0.2, 0.25) is 0 Å². The van der Waals surface area contributed by atoms with Crippen molar-refractivity contribution >= 4 is 11.4 Å². The standard InChI is InChI=1S/C14H16N2/c1-11-6-2-4-8-13(11)16-14-9-5-3-7-12(14)10-15/h2-9,16H,10,15H2,1H3. The number of nitrogens with one attached hydrogen (secondary N) is 1. The molecule has 2 nitrogen and oxygen atoms in total. The zero-order chi connectivity index (χ0) is 11.4.